The molecule has 0 aliphatic carbocycles. The van der Waals surface area contributed by atoms with Gasteiger partial charge in [0, 0.05) is 43.5 Å². The van der Waals surface area contributed by atoms with Crippen LogP contribution in [0.3, 0.4) is 0 Å². The minimum atomic E-state index is -4.42. The number of aromatic nitrogens is 3. The second kappa shape index (κ2) is 8.14. The molecule has 0 unspecified atom stereocenters. The molecule has 3 aromatic rings. The average Bonchev–Trinajstić information content (AvgIpc) is 2.70. The highest BCUT2D eigenvalue weighted by Gasteiger charge is 2.31. The number of pyridine rings is 1. The highest BCUT2D eigenvalue weighted by atomic mass is 35.5. The van der Waals surface area contributed by atoms with Crippen molar-refractivity contribution >= 4 is 23.3 Å². The Morgan fingerprint density at radius 1 is 1.13 bits per heavy atom. The Balaban J connectivity index is 1.72. The second-order valence-electron chi connectivity index (χ2n) is 7.16. The van der Waals surface area contributed by atoms with Crippen molar-refractivity contribution in [3.63, 3.8) is 0 Å². The van der Waals surface area contributed by atoms with Crippen LogP contribution >= 0.6 is 11.6 Å². The van der Waals surface area contributed by atoms with E-state index in [2.05, 4.69) is 15.3 Å². The van der Waals surface area contributed by atoms with E-state index in [0.717, 1.165) is 12.1 Å². The van der Waals surface area contributed by atoms with Crippen LogP contribution in [0.15, 0.2) is 48.9 Å². The van der Waals surface area contributed by atoms with E-state index in [1.165, 1.54) is 25.3 Å². The van der Waals surface area contributed by atoms with Gasteiger partial charge in [0.25, 0.3) is 0 Å². The first-order chi connectivity index (χ1) is 14.7. The van der Waals surface area contributed by atoms with Gasteiger partial charge < -0.3 is 10.2 Å². The molecule has 0 atom stereocenters. The topological polar surface area (TPSA) is 71.0 Å². The smallest absolute Gasteiger partial charge is 0.351 e. The Hall–Kier alpha value is -3.20. The van der Waals surface area contributed by atoms with Crippen LogP contribution in [-0.4, -0.2) is 40.0 Å². The number of amides is 1. The molecule has 1 aliphatic heterocycles. The van der Waals surface area contributed by atoms with Crippen LogP contribution in [0.25, 0.3) is 22.5 Å². The van der Waals surface area contributed by atoms with Crippen molar-refractivity contribution in [1.29, 1.82) is 0 Å². The van der Waals surface area contributed by atoms with Crippen LogP contribution in [0.5, 0.6) is 0 Å². The van der Waals surface area contributed by atoms with Gasteiger partial charge in [0.2, 0.25) is 5.91 Å². The predicted octanol–water partition coefficient (Wildman–Crippen LogP) is 4.20. The van der Waals surface area contributed by atoms with Gasteiger partial charge in [0.15, 0.2) is 0 Å². The van der Waals surface area contributed by atoms with E-state index >= 15 is 0 Å². The first kappa shape index (κ1) is 21.0. The number of halogens is 4. The van der Waals surface area contributed by atoms with E-state index in [-0.39, 0.29) is 11.9 Å². The summed E-state index contributed by atoms with van der Waals surface area (Å²) >= 11 is 6.32. The molecule has 1 aliphatic rings. The number of rotatable bonds is 4. The van der Waals surface area contributed by atoms with Crippen molar-refractivity contribution in [2.24, 2.45) is 0 Å². The third-order valence-electron chi connectivity index (χ3n) is 4.89. The fourth-order valence-electron chi connectivity index (χ4n) is 3.36. The summed E-state index contributed by atoms with van der Waals surface area (Å²) < 4.78 is 38.8. The van der Waals surface area contributed by atoms with Gasteiger partial charge >= 0.3 is 6.18 Å². The zero-order valence-corrected chi connectivity index (χ0v) is 17.1. The van der Waals surface area contributed by atoms with Gasteiger partial charge in [-0.2, -0.15) is 13.2 Å². The fraction of sp³-hybridized carbons (Fsp3) is 0.238. The molecule has 1 fully saturated rings. The molecule has 1 aromatic carbocycles. The Morgan fingerprint density at radius 3 is 2.45 bits per heavy atom. The molecule has 2 aromatic heterocycles. The fourth-order valence-corrected chi connectivity index (χ4v) is 3.57. The maximum absolute atomic E-state index is 12.9. The molecule has 4 rings (SSSR count). The lowest BCUT2D eigenvalue weighted by molar-refractivity contribution is -0.137. The molecule has 10 heteroatoms. The lowest BCUT2D eigenvalue weighted by Crippen LogP contribution is -2.59. The lowest BCUT2D eigenvalue weighted by atomic mass is 10.0. The summed E-state index contributed by atoms with van der Waals surface area (Å²) in [7, 11) is 0. The van der Waals surface area contributed by atoms with E-state index in [9.17, 15) is 18.0 Å². The summed E-state index contributed by atoms with van der Waals surface area (Å²) in [6, 6.07) is 6.46. The van der Waals surface area contributed by atoms with Crippen LogP contribution in [0, 0.1) is 0 Å². The van der Waals surface area contributed by atoms with Gasteiger partial charge in [0.05, 0.1) is 28.5 Å². The zero-order chi connectivity index (χ0) is 22.2. The van der Waals surface area contributed by atoms with Gasteiger partial charge in [-0.05, 0) is 18.2 Å². The summed E-state index contributed by atoms with van der Waals surface area (Å²) in [6.45, 7) is 2.62. The van der Waals surface area contributed by atoms with Gasteiger partial charge in [-0.25, -0.2) is 4.98 Å². The van der Waals surface area contributed by atoms with Crippen LogP contribution in [0.2, 0.25) is 5.02 Å². The number of hydrogen-bond acceptors (Lipinski definition) is 5. The van der Waals surface area contributed by atoms with Crippen molar-refractivity contribution in [1.82, 2.24) is 20.3 Å². The summed E-state index contributed by atoms with van der Waals surface area (Å²) in [6.07, 6.45) is 0.170. The molecule has 0 bridgehead atoms. The maximum Gasteiger partial charge on any atom is 0.416 e. The minimum Gasteiger partial charge on any atom is -0.351 e. The molecule has 0 spiro atoms. The Morgan fingerprint density at radius 2 is 1.84 bits per heavy atom. The van der Waals surface area contributed by atoms with Crippen LogP contribution in [-0.2, 0) is 11.0 Å². The third-order valence-corrected chi connectivity index (χ3v) is 5.19. The van der Waals surface area contributed by atoms with E-state index in [4.69, 9.17) is 16.6 Å². The van der Waals surface area contributed by atoms with E-state index in [1.807, 2.05) is 4.90 Å². The number of carbonyl (C=O) groups excluding carboxylic acids is 1. The molecule has 6 nitrogen and oxygen atoms in total. The molecule has 0 radical (unpaired) electrons. The van der Waals surface area contributed by atoms with E-state index in [0.29, 0.717) is 46.4 Å². The minimum absolute atomic E-state index is 0.0295. The lowest BCUT2D eigenvalue weighted by Gasteiger charge is -2.40. The normalized spacial score (nSPS) is 14.3. The number of anilines is 1. The van der Waals surface area contributed by atoms with Crippen molar-refractivity contribution in [2.45, 2.75) is 19.1 Å². The largest absolute Gasteiger partial charge is 0.416 e. The molecule has 3 heterocycles. The van der Waals surface area contributed by atoms with Crippen LogP contribution < -0.4 is 10.2 Å². The second-order valence-corrected chi connectivity index (χ2v) is 7.57. The van der Waals surface area contributed by atoms with Gasteiger partial charge in [-0.15, -0.1) is 0 Å². The highest BCUT2D eigenvalue weighted by molar-refractivity contribution is 6.33. The number of nitrogens with one attached hydrogen (secondary N) is 1. The first-order valence-electron chi connectivity index (χ1n) is 9.39. The monoisotopic (exact) mass is 447 g/mol. The predicted molar refractivity (Wildman–Crippen MR) is 111 cm³/mol. The third kappa shape index (κ3) is 4.46. The van der Waals surface area contributed by atoms with E-state index < -0.39 is 11.7 Å². The summed E-state index contributed by atoms with van der Waals surface area (Å²) in [5.74, 6) is 0.484. The number of benzene rings is 1. The number of alkyl halides is 3. The molecule has 0 saturated carbocycles. The van der Waals surface area contributed by atoms with Crippen LogP contribution in [0.1, 0.15) is 12.5 Å². The van der Waals surface area contributed by atoms with Crippen molar-refractivity contribution in [3.8, 4) is 22.5 Å². The standard InChI is InChI=1S/C21H17ClF3N5O/c1-12(31)28-15-10-30(11-15)18-9-27-19(13-2-4-14(5-3-13)21(23,24)25)20(29-18)16-6-7-26-8-17(16)22/h2-9,15H,10-11H2,1H3,(H,28,31). The summed E-state index contributed by atoms with van der Waals surface area (Å²) in [4.78, 5) is 26.3. The van der Waals surface area contributed by atoms with Crippen LogP contribution in [0.4, 0.5) is 19.0 Å². The van der Waals surface area contributed by atoms with Gasteiger partial charge in [-0.3, -0.25) is 14.8 Å². The molecular weight excluding hydrogens is 431 g/mol. The van der Waals surface area contributed by atoms with Gasteiger partial charge in [0.1, 0.15) is 11.5 Å². The zero-order valence-electron chi connectivity index (χ0n) is 16.3. The summed E-state index contributed by atoms with van der Waals surface area (Å²) in [5.41, 5.74) is 1.15. The Bertz CT molecular complexity index is 1110. The molecule has 160 valence electrons. The van der Waals surface area contributed by atoms with Gasteiger partial charge in [-0.1, -0.05) is 23.7 Å². The molecule has 1 amide bonds. The average molecular weight is 448 g/mol. The van der Waals surface area contributed by atoms with Crippen molar-refractivity contribution in [3.05, 3.63) is 59.5 Å². The molecule has 1 N–H and O–H groups in total. The Labute approximate surface area is 181 Å². The van der Waals surface area contributed by atoms with E-state index in [1.54, 1.807) is 18.5 Å². The molecule has 1 saturated heterocycles. The number of nitrogens with zero attached hydrogens (tertiary/aromatic N) is 4. The highest BCUT2D eigenvalue weighted by Crippen LogP contribution is 2.36. The van der Waals surface area contributed by atoms with Crippen molar-refractivity contribution < 1.29 is 18.0 Å². The first-order valence-corrected chi connectivity index (χ1v) is 9.77. The molecular formula is C21H17ClF3N5O. The number of hydrogen-bond donors (Lipinski definition) is 1. The quantitative estimate of drug-likeness (QED) is 0.649. The number of carbonyl (C=O) groups is 1. The van der Waals surface area contributed by atoms with Crippen molar-refractivity contribution in [2.75, 3.05) is 18.0 Å². The Kier molecular flexibility index (Phi) is 5.53. The molecule has 31 heavy (non-hydrogen) atoms. The summed E-state index contributed by atoms with van der Waals surface area (Å²) in [5, 5.41) is 3.19. The SMILES string of the molecule is CC(=O)NC1CN(c2cnc(-c3ccc(C(F)(F)F)cc3)c(-c3ccncc3Cl)n2)C1. The maximum atomic E-state index is 12.9.